The molecule has 0 aliphatic heterocycles. The van der Waals surface area contributed by atoms with E-state index in [4.69, 9.17) is 9.84 Å². The van der Waals surface area contributed by atoms with Gasteiger partial charge in [0.1, 0.15) is 0 Å². The first-order chi connectivity index (χ1) is 8.38. The van der Waals surface area contributed by atoms with Crippen LogP contribution in [0.15, 0.2) is 0 Å². The number of carboxylic acid groups (broad SMARTS) is 1. The van der Waals surface area contributed by atoms with Gasteiger partial charge in [0, 0.05) is 19.1 Å². The molecular weight excluding hydrogens is 276 g/mol. The number of carbonyl (C=O) groups is 3. The van der Waals surface area contributed by atoms with E-state index < -0.39 is 24.0 Å². The summed E-state index contributed by atoms with van der Waals surface area (Å²) in [6.45, 7) is 3.03. The fourth-order valence-electron chi connectivity index (χ4n) is 1.02. The van der Waals surface area contributed by atoms with Crippen molar-refractivity contribution < 1.29 is 24.2 Å². The van der Waals surface area contributed by atoms with Crippen LogP contribution >= 0.6 is 23.5 Å². The maximum atomic E-state index is 11.6. The summed E-state index contributed by atoms with van der Waals surface area (Å²) in [5, 5.41) is 8.83. The van der Waals surface area contributed by atoms with E-state index in [9.17, 15) is 14.4 Å². The van der Waals surface area contributed by atoms with E-state index in [2.05, 4.69) is 0 Å². The summed E-state index contributed by atoms with van der Waals surface area (Å²) < 4.78 is 4.93. The standard InChI is InChI=1S/C11H18O5S2/c1-7(6-18-8(2)12)11(15)16-9(10(13)14)4-5-17-3/h7,9H,4-6H2,1-3H3,(H,13,14)/t7-,9?/m1/s1. The topological polar surface area (TPSA) is 80.7 Å². The minimum Gasteiger partial charge on any atom is -0.479 e. The number of esters is 1. The van der Waals surface area contributed by atoms with Gasteiger partial charge >= 0.3 is 11.9 Å². The van der Waals surface area contributed by atoms with E-state index in [-0.39, 0.29) is 11.5 Å². The zero-order valence-corrected chi connectivity index (χ0v) is 12.3. The number of hydrogen-bond acceptors (Lipinski definition) is 6. The molecule has 7 heteroatoms. The van der Waals surface area contributed by atoms with Gasteiger partial charge in [-0.1, -0.05) is 18.7 Å². The first-order valence-corrected chi connectivity index (χ1v) is 7.82. The number of hydrogen-bond donors (Lipinski definition) is 1. The zero-order valence-electron chi connectivity index (χ0n) is 10.7. The highest BCUT2D eigenvalue weighted by atomic mass is 32.2. The van der Waals surface area contributed by atoms with Gasteiger partial charge in [-0.15, -0.1) is 0 Å². The van der Waals surface area contributed by atoms with Crippen LogP contribution in [0.25, 0.3) is 0 Å². The molecule has 0 spiro atoms. The van der Waals surface area contributed by atoms with Gasteiger partial charge in [-0.25, -0.2) is 4.79 Å². The molecule has 5 nitrogen and oxygen atoms in total. The lowest BCUT2D eigenvalue weighted by atomic mass is 10.2. The van der Waals surface area contributed by atoms with Crippen LogP contribution in [0.3, 0.4) is 0 Å². The van der Waals surface area contributed by atoms with E-state index in [1.807, 2.05) is 6.26 Å². The fraction of sp³-hybridized carbons (Fsp3) is 0.727. The van der Waals surface area contributed by atoms with Crippen molar-refractivity contribution in [2.75, 3.05) is 17.8 Å². The average Bonchev–Trinajstić information content (AvgIpc) is 2.30. The molecule has 0 fully saturated rings. The van der Waals surface area contributed by atoms with E-state index in [0.717, 1.165) is 11.8 Å². The van der Waals surface area contributed by atoms with Crippen LogP contribution in [0, 0.1) is 5.92 Å². The van der Waals surface area contributed by atoms with Gasteiger partial charge in [-0.05, 0) is 12.0 Å². The first kappa shape index (κ1) is 17.3. The minimum atomic E-state index is -1.14. The van der Waals surface area contributed by atoms with Crippen molar-refractivity contribution in [1.29, 1.82) is 0 Å². The van der Waals surface area contributed by atoms with Crippen molar-refractivity contribution in [3.05, 3.63) is 0 Å². The highest BCUT2D eigenvalue weighted by molar-refractivity contribution is 8.13. The molecule has 0 heterocycles. The van der Waals surface area contributed by atoms with Crippen LogP contribution < -0.4 is 0 Å². The van der Waals surface area contributed by atoms with E-state index in [0.29, 0.717) is 11.5 Å². The van der Waals surface area contributed by atoms with Crippen molar-refractivity contribution in [1.82, 2.24) is 0 Å². The molecular formula is C11H18O5S2. The largest absolute Gasteiger partial charge is 0.479 e. The Balaban J connectivity index is 4.22. The predicted octanol–water partition coefficient (Wildman–Crippen LogP) is 1.65. The lowest BCUT2D eigenvalue weighted by Gasteiger charge is -2.16. The number of carbonyl (C=O) groups excluding carboxylic acids is 2. The lowest BCUT2D eigenvalue weighted by molar-refractivity contribution is -0.166. The number of ether oxygens (including phenoxy) is 1. The number of thioether (sulfide) groups is 2. The molecule has 104 valence electrons. The van der Waals surface area contributed by atoms with Gasteiger partial charge in [-0.2, -0.15) is 11.8 Å². The molecule has 18 heavy (non-hydrogen) atoms. The van der Waals surface area contributed by atoms with Crippen LogP contribution in [0.5, 0.6) is 0 Å². The summed E-state index contributed by atoms with van der Waals surface area (Å²) in [5.41, 5.74) is 0. The number of carboxylic acids is 1. The third-order valence-electron chi connectivity index (χ3n) is 2.06. The van der Waals surface area contributed by atoms with Gasteiger partial charge in [0.2, 0.25) is 0 Å². The summed E-state index contributed by atoms with van der Waals surface area (Å²) in [7, 11) is 0. The summed E-state index contributed by atoms with van der Waals surface area (Å²) >= 11 is 2.52. The maximum absolute atomic E-state index is 11.6. The highest BCUT2D eigenvalue weighted by Gasteiger charge is 2.25. The quantitative estimate of drug-likeness (QED) is 0.682. The second-order valence-electron chi connectivity index (χ2n) is 3.75. The first-order valence-electron chi connectivity index (χ1n) is 5.44. The van der Waals surface area contributed by atoms with Gasteiger partial charge in [0.15, 0.2) is 11.2 Å². The predicted molar refractivity (Wildman–Crippen MR) is 72.8 cm³/mol. The average molecular weight is 294 g/mol. The molecule has 1 unspecified atom stereocenters. The molecule has 0 aromatic heterocycles. The Morgan fingerprint density at radius 2 is 1.94 bits per heavy atom. The fourth-order valence-corrected chi connectivity index (χ4v) is 2.10. The molecule has 0 aliphatic rings. The van der Waals surface area contributed by atoms with Crippen molar-refractivity contribution >= 4 is 40.6 Å². The Bertz CT molecular complexity index is 306. The Morgan fingerprint density at radius 3 is 2.39 bits per heavy atom. The molecule has 0 amide bonds. The third-order valence-corrected chi connectivity index (χ3v) is 3.77. The highest BCUT2D eigenvalue weighted by Crippen LogP contribution is 2.13. The van der Waals surface area contributed by atoms with Gasteiger partial charge in [0.25, 0.3) is 0 Å². The Morgan fingerprint density at radius 1 is 1.33 bits per heavy atom. The minimum absolute atomic E-state index is 0.0770. The summed E-state index contributed by atoms with van der Waals surface area (Å²) in [5.74, 6) is -1.28. The number of aliphatic carboxylic acids is 1. The monoisotopic (exact) mass is 294 g/mol. The van der Waals surface area contributed by atoms with Gasteiger partial charge < -0.3 is 9.84 Å². The summed E-state index contributed by atoms with van der Waals surface area (Å²) in [6.07, 6.45) is 1.04. The Labute approximate surface area is 115 Å². The SMILES string of the molecule is CSCCC(OC(=O)[C@H](C)CSC(C)=O)C(=O)O. The van der Waals surface area contributed by atoms with Crippen molar-refractivity contribution in [2.24, 2.45) is 5.92 Å². The number of rotatable bonds is 8. The Hall–Kier alpha value is -0.690. The second-order valence-corrected chi connectivity index (χ2v) is 5.93. The summed E-state index contributed by atoms with van der Waals surface area (Å²) in [6, 6.07) is 0. The van der Waals surface area contributed by atoms with E-state index >= 15 is 0 Å². The van der Waals surface area contributed by atoms with Crippen molar-refractivity contribution in [3.8, 4) is 0 Å². The van der Waals surface area contributed by atoms with Crippen molar-refractivity contribution in [2.45, 2.75) is 26.4 Å². The van der Waals surface area contributed by atoms with Crippen LogP contribution in [-0.2, 0) is 19.1 Å². The van der Waals surface area contributed by atoms with Crippen LogP contribution in [-0.4, -0.2) is 46.0 Å². The molecule has 0 aromatic rings. The molecule has 0 aliphatic carbocycles. The molecule has 0 bridgehead atoms. The van der Waals surface area contributed by atoms with Gasteiger partial charge in [0.05, 0.1) is 5.92 Å². The third kappa shape index (κ3) is 7.60. The molecule has 2 atom stereocenters. The molecule has 0 aromatic carbocycles. The zero-order chi connectivity index (χ0) is 14.1. The summed E-state index contributed by atoms with van der Waals surface area (Å²) in [4.78, 5) is 33.3. The normalized spacial score (nSPS) is 13.7. The molecule has 0 saturated heterocycles. The van der Waals surface area contributed by atoms with E-state index in [1.54, 1.807) is 6.92 Å². The van der Waals surface area contributed by atoms with Gasteiger partial charge in [-0.3, -0.25) is 9.59 Å². The lowest BCUT2D eigenvalue weighted by Crippen LogP contribution is -2.30. The molecule has 1 N–H and O–H groups in total. The van der Waals surface area contributed by atoms with Crippen LogP contribution in [0.2, 0.25) is 0 Å². The Kier molecular flexibility index (Phi) is 8.91. The molecule has 0 saturated carbocycles. The second kappa shape index (κ2) is 9.27. The molecule has 0 radical (unpaired) electrons. The molecule has 0 rings (SSSR count). The smallest absolute Gasteiger partial charge is 0.345 e. The van der Waals surface area contributed by atoms with Crippen LogP contribution in [0.1, 0.15) is 20.3 Å². The van der Waals surface area contributed by atoms with Crippen molar-refractivity contribution in [3.63, 3.8) is 0 Å². The maximum Gasteiger partial charge on any atom is 0.345 e. The van der Waals surface area contributed by atoms with Crippen LogP contribution in [0.4, 0.5) is 0 Å². The van der Waals surface area contributed by atoms with E-state index in [1.165, 1.54) is 18.7 Å².